The molecule has 1 atom stereocenters. The summed E-state index contributed by atoms with van der Waals surface area (Å²) in [5.41, 5.74) is 1.25. The molecule has 0 aromatic heterocycles. The fraction of sp³-hybridized carbons (Fsp3) is 0.619. The lowest BCUT2D eigenvalue weighted by atomic mass is 9.69. The topological polar surface area (TPSA) is 9.23 Å². The number of ether oxygens (including phenoxy) is 1. The number of fused-ring (bicyclic) bond motifs is 1. The van der Waals surface area contributed by atoms with E-state index in [1.54, 1.807) is 6.07 Å². The first-order valence-electron chi connectivity index (χ1n) is 9.54. The van der Waals surface area contributed by atoms with E-state index < -0.39 is 17.9 Å². The van der Waals surface area contributed by atoms with Gasteiger partial charge in [0.2, 0.25) is 0 Å². The lowest BCUT2D eigenvalue weighted by Gasteiger charge is -2.36. The van der Waals surface area contributed by atoms with Gasteiger partial charge in [0.15, 0.2) is 11.6 Å². The molecule has 0 saturated heterocycles. The van der Waals surface area contributed by atoms with Crippen LogP contribution in [0.3, 0.4) is 0 Å². The van der Waals surface area contributed by atoms with E-state index in [4.69, 9.17) is 0 Å². The van der Waals surface area contributed by atoms with Crippen molar-refractivity contribution in [1.82, 2.24) is 0 Å². The van der Waals surface area contributed by atoms with E-state index in [1.807, 2.05) is 6.08 Å². The zero-order chi connectivity index (χ0) is 18.7. The Morgan fingerprint density at radius 3 is 2.46 bits per heavy atom. The lowest BCUT2D eigenvalue weighted by molar-refractivity contribution is -0.275. The maximum absolute atomic E-state index is 14.4. The van der Waals surface area contributed by atoms with Crippen molar-refractivity contribution >= 4 is 0 Å². The number of halogens is 4. The summed E-state index contributed by atoms with van der Waals surface area (Å²) in [6.07, 6.45) is 6.43. The van der Waals surface area contributed by atoms with Crippen molar-refractivity contribution in [3.8, 4) is 5.75 Å². The van der Waals surface area contributed by atoms with Crippen LogP contribution in [0.25, 0.3) is 0 Å². The SMILES string of the molecule is C=CCCC1CCC(C2CCc3c(ccc(OC(F)(F)F)c3F)C2)CC1. The van der Waals surface area contributed by atoms with E-state index in [2.05, 4.69) is 11.3 Å². The molecule has 1 aromatic rings. The van der Waals surface area contributed by atoms with Crippen LogP contribution in [0.5, 0.6) is 5.75 Å². The summed E-state index contributed by atoms with van der Waals surface area (Å²) in [6.45, 7) is 3.79. The van der Waals surface area contributed by atoms with Crippen LogP contribution in [0, 0.1) is 23.6 Å². The van der Waals surface area contributed by atoms with Gasteiger partial charge in [-0.1, -0.05) is 25.0 Å². The Labute approximate surface area is 152 Å². The van der Waals surface area contributed by atoms with Crippen molar-refractivity contribution < 1.29 is 22.3 Å². The van der Waals surface area contributed by atoms with Crippen molar-refractivity contribution in [3.63, 3.8) is 0 Å². The molecule has 1 unspecified atom stereocenters. The number of rotatable bonds is 5. The highest BCUT2D eigenvalue weighted by Crippen LogP contribution is 2.42. The fourth-order valence-corrected chi connectivity index (χ4v) is 4.72. The summed E-state index contributed by atoms with van der Waals surface area (Å²) in [7, 11) is 0. The van der Waals surface area contributed by atoms with Crippen molar-refractivity contribution in [2.75, 3.05) is 0 Å². The highest BCUT2D eigenvalue weighted by molar-refractivity contribution is 5.39. The Kier molecular flexibility index (Phi) is 5.93. The summed E-state index contributed by atoms with van der Waals surface area (Å²) in [5.74, 6) is 0.400. The highest BCUT2D eigenvalue weighted by Gasteiger charge is 2.35. The molecule has 1 saturated carbocycles. The van der Waals surface area contributed by atoms with E-state index in [1.165, 1.54) is 32.1 Å². The largest absolute Gasteiger partial charge is 0.573 e. The van der Waals surface area contributed by atoms with Gasteiger partial charge in [-0.15, -0.1) is 19.8 Å². The van der Waals surface area contributed by atoms with Gasteiger partial charge in [0.05, 0.1) is 0 Å². The third-order valence-electron chi connectivity index (χ3n) is 6.11. The van der Waals surface area contributed by atoms with Gasteiger partial charge < -0.3 is 4.74 Å². The molecule has 3 rings (SSSR count). The third kappa shape index (κ3) is 4.60. The van der Waals surface area contributed by atoms with Crippen LogP contribution in [0.1, 0.15) is 56.1 Å². The second-order valence-electron chi connectivity index (χ2n) is 7.71. The van der Waals surface area contributed by atoms with E-state index in [9.17, 15) is 17.6 Å². The smallest absolute Gasteiger partial charge is 0.403 e. The monoisotopic (exact) mass is 370 g/mol. The summed E-state index contributed by atoms with van der Waals surface area (Å²) >= 11 is 0. The molecule has 2 aliphatic carbocycles. The van der Waals surface area contributed by atoms with Gasteiger partial charge in [0, 0.05) is 0 Å². The van der Waals surface area contributed by atoms with Crippen molar-refractivity contribution in [1.29, 1.82) is 0 Å². The van der Waals surface area contributed by atoms with Crippen LogP contribution in [-0.2, 0) is 12.8 Å². The van der Waals surface area contributed by atoms with Gasteiger partial charge in [-0.2, -0.15) is 0 Å². The van der Waals surface area contributed by atoms with Crippen molar-refractivity contribution in [2.24, 2.45) is 17.8 Å². The summed E-state index contributed by atoms with van der Waals surface area (Å²) in [6, 6.07) is 2.73. The molecule has 0 radical (unpaired) electrons. The summed E-state index contributed by atoms with van der Waals surface area (Å²) in [4.78, 5) is 0. The average molecular weight is 370 g/mol. The molecule has 0 heterocycles. The van der Waals surface area contributed by atoms with Crippen molar-refractivity contribution in [2.45, 2.75) is 64.1 Å². The normalized spacial score (nSPS) is 26.2. The van der Waals surface area contributed by atoms with Gasteiger partial charge in [0.25, 0.3) is 0 Å². The minimum Gasteiger partial charge on any atom is -0.403 e. The van der Waals surface area contributed by atoms with Crippen LogP contribution in [0.4, 0.5) is 17.6 Å². The fourth-order valence-electron chi connectivity index (χ4n) is 4.72. The first kappa shape index (κ1) is 19.2. The van der Waals surface area contributed by atoms with E-state index >= 15 is 0 Å². The molecule has 26 heavy (non-hydrogen) atoms. The Balaban J connectivity index is 1.62. The van der Waals surface area contributed by atoms with Crippen LogP contribution in [0.2, 0.25) is 0 Å². The number of benzene rings is 1. The first-order valence-corrected chi connectivity index (χ1v) is 9.54. The number of allylic oxidation sites excluding steroid dienone is 1. The predicted octanol–water partition coefficient (Wildman–Crippen LogP) is 6.60. The molecule has 0 amide bonds. The van der Waals surface area contributed by atoms with Gasteiger partial charge in [0.1, 0.15) is 0 Å². The second kappa shape index (κ2) is 8.01. The minimum absolute atomic E-state index is 0.405. The Bertz CT molecular complexity index is 630. The molecule has 144 valence electrons. The first-order chi connectivity index (χ1) is 12.4. The zero-order valence-corrected chi connectivity index (χ0v) is 15.0. The number of alkyl halides is 3. The lowest BCUT2D eigenvalue weighted by Crippen LogP contribution is -2.27. The maximum Gasteiger partial charge on any atom is 0.573 e. The molecular formula is C21H26F4O. The quantitative estimate of drug-likeness (QED) is 0.419. The summed E-state index contributed by atoms with van der Waals surface area (Å²) < 4.78 is 55.3. The Morgan fingerprint density at radius 2 is 1.81 bits per heavy atom. The molecule has 5 heteroatoms. The maximum atomic E-state index is 14.4. The number of hydrogen-bond donors (Lipinski definition) is 0. The van der Waals surface area contributed by atoms with Gasteiger partial charge in [-0.3, -0.25) is 0 Å². The number of hydrogen-bond acceptors (Lipinski definition) is 1. The molecule has 1 aromatic carbocycles. The molecule has 0 bridgehead atoms. The standard InChI is InChI=1S/C21H26F4O/c1-2-3-4-14-5-7-15(8-6-14)16-9-11-18-17(13-16)10-12-19(20(18)22)26-21(23,24)25/h2,10,12,14-16H,1,3-9,11,13H2. The van der Waals surface area contributed by atoms with Gasteiger partial charge >= 0.3 is 6.36 Å². The van der Waals surface area contributed by atoms with Crippen LogP contribution in [0.15, 0.2) is 24.8 Å². The van der Waals surface area contributed by atoms with Crippen LogP contribution in [-0.4, -0.2) is 6.36 Å². The van der Waals surface area contributed by atoms with Gasteiger partial charge in [-0.05, 0) is 79.9 Å². The van der Waals surface area contributed by atoms with E-state index in [0.717, 1.165) is 36.8 Å². The minimum atomic E-state index is -4.86. The molecule has 0 aliphatic heterocycles. The third-order valence-corrected chi connectivity index (χ3v) is 6.11. The van der Waals surface area contributed by atoms with Crippen LogP contribution < -0.4 is 4.74 Å². The molecule has 1 nitrogen and oxygen atoms in total. The van der Waals surface area contributed by atoms with E-state index in [0.29, 0.717) is 23.8 Å². The van der Waals surface area contributed by atoms with Crippen molar-refractivity contribution in [3.05, 3.63) is 41.7 Å². The molecule has 0 spiro atoms. The second-order valence-corrected chi connectivity index (χ2v) is 7.71. The molecule has 2 aliphatic rings. The Morgan fingerprint density at radius 1 is 1.08 bits per heavy atom. The highest BCUT2D eigenvalue weighted by atomic mass is 19.4. The molecule has 1 fully saturated rings. The van der Waals surface area contributed by atoms with Gasteiger partial charge in [-0.25, -0.2) is 4.39 Å². The molecular weight excluding hydrogens is 344 g/mol. The van der Waals surface area contributed by atoms with E-state index in [-0.39, 0.29) is 0 Å². The average Bonchev–Trinajstić information content (AvgIpc) is 2.61. The zero-order valence-electron chi connectivity index (χ0n) is 15.0. The Hall–Kier alpha value is -1.52. The predicted molar refractivity (Wildman–Crippen MR) is 93.5 cm³/mol. The van der Waals surface area contributed by atoms with Crippen LogP contribution >= 0.6 is 0 Å². The molecule has 0 N–H and O–H groups in total. The summed E-state index contributed by atoms with van der Waals surface area (Å²) in [5, 5.41) is 0.